The van der Waals surface area contributed by atoms with Crippen LogP contribution in [0.15, 0.2) is 10.9 Å². The lowest BCUT2D eigenvalue weighted by Crippen LogP contribution is -2.26. The van der Waals surface area contributed by atoms with E-state index in [4.69, 9.17) is 0 Å². The van der Waals surface area contributed by atoms with Crippen molar-refractivity contribution in [3.8, 4) is 0 Å². The number of nitrogens with one attached hydrogen (secondary N) is 1. The maximum absolute atomic E-state index is 11.7. The molecule has 0 aliphatic heterocycles. The van der Waals surface area contributed by atoms with E-state index in [0.717, 1.165) is 44.0 Å². The minimum absolute atomic E-state index is 0.0560. The highest BCUT2D eigenvalue weighted by atomic mass is 16.1. The molecule has 0 amide bonds. The van der Waals surface area contributed by atoms with E-state index in [2.05, 4.69) is 17.2 Å². The molecule has 0 aliphatic rings. The molecule has 90 valence electrons. The van der Waals surface area contributed by atoms with Gasteiger partial charge in [0.25, 0.3) is 5.56 Å². The summed E-state index contributed by atoms with van der Waals surface area (Å²) < 4.78 is 1.74. The van der Waals surface area contributed by atoms with Crippen LogP contribution in [0.5, 0.6) is 0 Å². The third-order valence-corrected chi connectivity index (χ3v) is 2.49. The number of aromatic nitrogens is 2. The van der Waals surface area contributed by atoms with Crippen LogP contribution in [0.25, 0.3) is 0 Å². The molecule has 0 bridgehead atoms. The SMILES string of the molecule is CCCNCCCn1c(C)nc(C)cc1=O. The smallest absolute Gasteiger partial charge is 0.253 e. The molecule has 0 saturated carbocycles. The zero-order chi connectivity index (χ0) is 12.0. The van der Waals surface area contributed by atoms with Crippen molar-refractivity contribution < 1.29 is 0 Å². The summed E-state index contributed by atoms with van der Waals surface area (Å²) in [4.78, 5) is 16.0. The van der Waals surface area contributed by atoms with E-state index in [-0.39, 0.29) is 5.56 Å². The standard InChI is InChI=1S/C12H21N3O/c1-4-6-13-7-5-8-15-11(3)14-10(2)9-12(15)16/h9,13H,4-8H2,1-3H3. The Kier molecular flexibility index (Phi) is 5.19. The van der Waals surface area contributed by atoms with E-state index in [1.54, 1.807) is 10.6 Å². The fourth-order valence-electron chi connectivity index (χ4n) is 1.70. The molecule has 0 radical (unpaired) electrons. The van der Waals surface area contributed by atoms with E-state index in [1.807, 2.05) is 13.8 Å². The molecule has 0 unspecified atom stereocenters. The molecule has 16 heavy (non-hydrogen) atoms. The fourth-order valence-corrected chi connectivity index (χ4v) is 1.70. The molecular weight excluding hydrogens is 202 g/mol. The van der Waals surface area contributed by atoms with Gasteiger partial charge in [0.2, 0.25) is 0 Å². The van der Waals surface area contributed by atoms with Crippen LogP contribution in [0.2, 0.25) is 0 Å². The van der Waals surface area contributed by atoms with Crippen LogP contribution in [-0.4, -0.2) is 22.6 Å². The summed E-state index contributed by atoms with van der Waals surface area (Å²) in [7, 11) is 0. The minimum Gasteiger partial charge on any atom is -0.317 e. The van der Waals surface area contributed by atoms with Crippen molar-refractivity contribution in [3.05, 3.63) is 27.9 Å². The summed E-state index contributed by atoms with van der Waals surface area (Å²) in [6.45, 7) is 8.61. The van der Waals surface area contributed by atoms with Gasteiger partial charge in [-0.3, -0.25) is 9.36 Å². The molecule has 0 aromatic carbocycles. The lowest BCUT2D eigenvalue weighted by atomic mass is 10.3. The number of nitrogens with zero attached hydrogens (tertiary/aromatic N) is 2. The normalized spacial score (nSPS) is 10.7. The van der Waals surface area contributed by atoms with E-state index in [1.165, 1.54) is 0 Å². The maximum Gasteiger partial charge on any atom is 0.253 e. The average Bonchev–Trinajstić information content (AvgIpc) is 2.20. The molecule has 1 rings (SSSR count). The second kappa shape index (κ2) is 6.43. The topological polar surface area (TPSA) is 46.9 Å². The highest BCUT2D eigenvalue weighted by molar-refractivity contribution is 5.01. The van der Waals surface area contributed by atoms with Gasteiger partial charge in [0.15, 0.2) is 0 Å². The average molecular weight is 223 g/mol. The summed E-state index contributed by atoms with van der Waals surface area (Å²) in [5.74, 6) is 0.806. The van der Waals surface area contributed by atoms with Crippen LogP contribution in [0.1, 0.15) is 31.3 Å². The first-order valence-electron chi connectivity index (χ1n) is 5.91. The highest BCUT2D eigenvalue weighted by Crippen LogP contribution is 1.94. The second-order valence-corrected chi connectivity index (χ2v) is 4.04. The zero-order valence-corrected chi connectivity index (χ0v) is 10.4. The third-order valence-electron chi connectivity index (χ3n) is 2.49. The molecule has 0 saturated heterocycles. The van der Waals surface area contributed by atoms with Crippen LogP contribution in [0, 0.1) is 13.8 Å². The second-order valence-electron chi connectivity index (χ2n) is 4.04. The van der Waals surface area contributed by atoms with Crippen molar-refractivity contribution in [3.63, 3.8) is 0 Å². The fraction of sp³-hybridized carbons (Fsp3) is 0.667. The third kappa shape index (κ3) is 3.77. The van der Waals surface area contributed by atoms with Crippen molar-refractivity contribution in [2.75, 3.05) is 13.1 Å². The van der Waals surface area contributed by atoms with Crippen molar-refractivity contribution in [2.45, 2.75) is 40.2 Å². The first-order valence-corrected chi connectivity index (χ1v) is 5.91. The van der Waals surface area contributed by atoms with Gasteiger partial charge < -0.3 is 5.32 Å². The van der Waals surface area contributed by atoms with E-state index < -0.39 is 0 Å². The van der Waals surface area contributed by atoms with Crippen molar-refractivity contribution >= 4 is 0 Å². The monoisotopic (exact) mass is 223 g/mol. The van der Waals surface area contributed by atoms with Gasteiger partial charge in [-0.15, -0.1) is 0 Å². The summed E-state index contributed by atoms with van der Waals surface area (Å²) >= 11 is 0. The van der Waals surface area contributed by atoms with Gasteiger partial charge in [0.1, 0.15) is 5.82 Å². The minimum atomic E-state index is 0.0560. The molecule has 1 heterocycles. The van der Waals surface area contributed by atoms with Gasteiger partial charge in [-0.1, -0.05) is 6.92 Å². The lowest BCUT2D eigenvalue weighted by Gasteiger charge is -2.09. The number of hydrogen-bond donors (Lipinski definition) is 1. The summed E-state index contributed by atoms with van der Waals surface area (Å²) in [5.41, 5.74) is 0.850. The Bertz CT molecular complexity index is 384. The number of aryl methyl sites for hydroxylation is 2. The van der Waals surface area contributed by atoms with Crippen LogP contribution in [0.4, 0.5) is 0 Å². The Balaban J connectivity index is 2.51. The number of rotatable bonds is 6. The molecule has 4 heteroatoms. The van der Waals surface area contributed by atoms with E-state index in [0.29, 0.717) is 0 Å². The quantitative estimate of drug-likeness (QED) is 0.738. The van der Waals surface area contributed by atoms with E-state index in [9.17, 15) is 4.79 Å². The van der Waals surface area contributed by atoms with Gasteiger partial charge in [-0.2, -0.15) is 0 Å². The predicted molar refractivity (Wildman–Crippen MR) is 65.7 cm³/mol. The Morgan fingerprint density at radius 1 is 1.38 bits per heavy atom. The zero-order valence-electron chi connectivity index (χ0n) is 10.4. The predicted octanol–water partition coefficient (Wildman–Crippen LogP) is 1.25. The summed E-state index contributed by atoms with van der Waals surface area (Å²) in [6.07, 6.45) is 2.11. The molecule has 0 fully saturated rings. The molecule has 1 aromatic rings. The Hall–Kier alpha value is -1.16. The molecule has 4 nitrogen and oxygen atoms in total. The Morgan fingerprint density at radius 2 is 2.12 bits per heavy atom. The van der Waals surface area contributed by atoms with Gasteiger partial charge in [0.05, 0.1) is 0 Å². The molecule has 1 N–H and O–H groups in total. The van der Waals surface area contributed by atoms with Crippen LogP contribution in [-0.2, 0) is 6.54 Å². The Labute approximate surface area is 96.7 Å². The van der Waals surface area contributed by atoms with Gasteiger partial charge in [0, 0.05) is 18.3 Å². The largest absolute Gasteiger partial charge is 0.317 e. The molecular formula is C12H21N3O. The molecule has 0 aliphatic carbocycles. The molecule has 1 aromatic heterocycles. The molecule has 0 spiro atoms. The highest BCUT2D eigenvalue weighted by Gasteiger charge is 2.01. The van der Waals surface area contributed by atoms with Crippen LogP contribution in [0.3, 0.4) is 0 Å². The van der Waals surface area contributed by atoms with Gasteiger partial charge in [-0.05, 0) is 39.8 Å². The van der Waals surface area contributed by atoms with Crippen molar-refractivity contribution in [2.24, 2.45) is 0 Å². The Morgan fingerprint density at radius 3 is 2.75 bits per heavy atom. The van der Waals surface area contributed by atoms with Crippen molar-refractivity contribution in [1.82, 2.24) is 14.9 Å². The first-order chi connectivity index (χ1) is 7.65. The van der Waals surface area contributed by atoms with Crippen LogP contribution < -0.4 is 10.9 Å². The first kappa shape index (κ1) is 12.9. The summed E-state index contributed by atoms with van der Waals surface area (Å²) in [5, 5.41) is 3.32. The summed E-state index contributed by atoms with van der Waals surface area (Å²) in [6, 6.07) is 1.59. The number of hydrogen-bond acceptors (Lipinski definition) is 3. The maximum atomic E-state index is 11.7. The molecule has 0 atom stereocenters. The van der Waals surface area contributed by atoms with Gasteiger partial charge >= 0.3 is 0 Å². The lowest BCUT2D eigenvalue weighted by molar-refractivity contribution is 0.551. The van der Waals surface area contributed by atoms with Crippen LogP contribution >= 0.6 is 0 Å². The van der Waals surface area contributed by atoms with Crippen molar-refractivity contribution in [1.29, 1.82) is 0 Å². The van der Waals surface area contributed by atoms with Gasteiger partial charge in [-0.25, -0.2) is 4.98 Å². The van der Waals surface area contributed by atoms with E-state index >= 15 is 0 Å².